The van der Waals surface area contributed by atoms with Crippen molar-refractivity contribution in [3.8, 4) is 10.6 Å². The highest BCUT2D eigenvalue weighted by Gasteiger charge is 2.22. The van der Waals surface area contributed by atoms with Crippen molar-refractivity contribution in [1.82, 2.24) is 15.6 Å². The zero-order valence-corrected chi connectivity index (χ0v) is 16.0. The van der Waals surface area contributed by atoms with Gasteiger partial charge in [-0.3, -0.25) is 9.59 Å². The summed E-state index contributed by atoms with van der Waals surface area (Å²) in [5, 5.41) is 8.73. The Kier molecular flexibility index (Phi) is 6.51. The minimum atomic E-state index is -0.487. The number of nitrogens with one attached hydrogen (secondary N) is 2. The largest absolute Gasteiger partial charge is 0.354 e. The van der Waals surface area contributed by atoms with E-state index in [0.717, 1.165) is 22.0 Å². The van der Waals surface area contributed by atoms with Crippen LogP contribution in [0.3, 0.4) is 0 Å². The van der Waals surface area contributed by atoms with E-state index in [9.17, 15) is 9.59 Å². The fraction of sp³-hybridized carbons (Fsp3) is 0.471. The van der Waals surface area contributed by atoms with Crippen LogP contribution in [0.1, 0.15) is 30.7 Å². The summed E-state index contributed by atoms with van der Waals surface area (Å²) in [5.74, 6) is -0.271. The van der Waals surface area contributed by atoms with Gasteiger partial charge in [-0.15, -0.1) is 22.7 Å². The number of thiazole rings is 1. The molecule has 0 aliphatic carbocycles. The summed E-state index contributed by atoms with van der Waals surface area (Å²) in [7, 11) is 0. The maximum atomic E-state index is 12.2. The Morgan fingerprint density at radius 3 is 2.62 bits per heavy atom. The van der Waals surface area contributed by atoms with Gasteiger partial charge in [0.15, 0.2) is 0 Å². The number of hydrogen-bond donors (Lipinski definition) is 2. The molecule has 0 bridgehead atoms. The normalized spacial score (nSPS) is 12.2. The van der Waals surface area contributed by atoms with Gasteiger partial charge in [-0.1, -0.05) is 13.8 Å². The van der Waals surface area contributed by atoms with Crippen LogP contribution in [-0.2, 0) is 16.0 Å². The van der Waals surface area contributed by atoms with Gasteiger partial charge in [0.2, 0.25) is 11.8 Å². The van der Waals surface area contributed by atoms with E-state index in [-0.39, 0.29) is 17.7 Å². The first-order chi connectivity index (χ1) is 11.4. The number of aromatic nitrogens is 1. The van der Waals surface area contributed by atoms with Crippen LogP contribution in [0.5, 0.6) is 0 Å². The lowest BCUT2D eigenvalue weighted by Gasteiger charge is -2.20. The number of carbonyl (C=O) groups excluding carboxylic acids is 2. The zero-order valence-electron chi connectivity index (χ0n) is 14.4. The molecule has 1 atom stereocenters. The first kappa shape index (κ1) is 18.6. The number of amides is 2. The van der Waals surface area contributed by atoms with Gasteiger partial charge in [-0.2, -0.15) is 0 Å². The molecule has 5 nitrogen and oxygen atoms in total. The maximum Gasteiger partial charge on any atom is 0.242 e. The molecule has 0 unspecified atom stereocenters. The van der Waals surface area contributed by atoms with Gasteiger partial charge in [0, 0.05) is 23.7 Å². The summed E-state index contributed by atoms with van der Waals surface area (Å²) in [6.45, 7) is 7.81. The van der Waals surface area contributed by atoms with Gasteiger partial charge in [-0.05, 0) is 31.4 Å². The van der Waals surface area contributed by atoms with Crippen molar-refractivity contribution < 1.29 is 9.59 Å². The third-order valence-corrected chi connectivity index (χ3v) is 5.45. The van der Waals surface area contributed by atoms with E-state index >= 15 is 0 Å². The van der Waals surface area contributed by atoms with Gasteiger partial charge >= 0.3 is 0 Å². The highest BCUT2D eigenvalue weighted by molar-refractivity contribution is 7.16. The molecule has 0 saturated heterocycles. The standard InChI is InChI=1S/C17H23N3O2S2/c1-10(2)16(19-11(3)21)17(22)18-8-7-13-5-6-15(24-13)14-9-23-12(4)20-14/h5-6,9-10,16H,7-8H2,1-4H3,(H,18,22)(H,19,21)/t16-/m1/s1. The van der Waals surface area contributed by atoms with E-state index in [1.807, 2.05) is 20.8 Å². The average Bonchev–Trinajstić information content (AvgIpc) is 3.13. The highest BCUT2D eigenvalue weighted by atomic mass is 32.1. The first-order valence-corrected chi connectivity index (χ1v) is 9.62. The monoisotopic (exact) mass is 365 g/mol. The lowest BCUT2D eigenvalue weighted by molar-refractivity contribution is -0.129. The SMILES string of the molecule is CC(=O)N[C@@H](C(=O)NCCc1ccc(-c2csc(C)n2)s1)C(C)C. The lowest BCUT2D eigenvalue weighted by Crippen LogP contribution is -2.49. The number of aryl methyl sites for hydroxylation is 1. The molecule has 2 aromatic rings. The Hall–Kier alpha value is -1.73. The fourth-order valence-corrected chi connectivity index (χ4v) is 3.95. The van der Waals surface area contributed by atoms with Gasteiger partial charge in [0.25, 0.3) is 0 Å². The summed E-state index contributed by atoms with van der Waals surface area (Å²) in [6, 6.07) is 3.67. The molecule has 130 valence electrons. The summed E-state index contributed by atoms with van der Waals surface area (Å²) >= 11 is 3.34. The minimum Gasteiger partial charge on any atom is -0.354 e. The molecular weight excluding hydrogens is 342 g/mol. The molecule has 0 saturated carbocycles. The van der Waals surface area contributed by atoms with Crippen LogP contribution in [0, 0.1) is 12.8 Å². The Balaban J connectivity index is 1.86. The van der Waals surface area contributed by atoms with Crippen LogP contribution in [-0.4, -0.2) is 29.4 Å². The maximum absolute atomic E-state index is 12.2. The Morgan fingerprint density at radius 2 is 2.04 bits per heavy atom. The topological polar surface area (TPSA) is 71.1 Å². The summed E-state index contributed by atoms with van der Waals surface area (Å²) in [5.41, 5.74) is 1.02. The van der Waals surface area contributed by atoms with Crippen LogP contribution < -0.4 is 10.6 Å². The van der Waals surface area contributed by atoms with E-state index < -0.39 is 6.04 Å². The quantitative estimate of drug-likeness (QED) is 0.792. The third kappa shape index (κ3) is 5.14. The van der Waals surface area contributed by atoms with E-state index in [0.29, 0.717) is 6.54 Å². The van der Waals surface area contributed by atoms with Crippen LogP contribution in [0.15, 0.2) is 17.5 Å². The van der Waals surface area contributed by atoms with Crippen LogP contribution in [0.25, 0.3) is 10.6 Å². The van der Waals surface area contributed by atoms with Crippen molar-refractivity contribution >= 4 is 34.5 Å². The van der Waals surface area contributed by atoms with Gasteiger partial charge in [0.05, 0.1) is 15.6 Å². The molecule has 2 amide bonds. The Bertz CT molecular complexity index is 706. The van der Waals surface area contributed by atoms with Crippen molar-refractivity contribution in [3.63, 3.8) is 0 Å². The zero-order chi connectivity index (χ0) is 17.7. The van der Waals surface area contributed by atoms with E-state index in [1.54, 1.807) is 22.7 Å². The number of nitrogens with zero attached hydrogens (tertiary/aromatic N) is 1. The molecule has 0 fully saturated rings. The first-order valence-electron chi connectivity index (χ1n) is 7.93. The third-order valence-electron chi connectivity index (χ3n) is 3.51. The second-order valence-electron chi connectivity index (χ2n) is 5.98. The number of carbonyl (C=O) groups is 2. The molecule has 7 heteroatoms. The van der Waals surface area contributed by atoms with Crippen molar-refractivity contribution in [2.24, 2.45) is 5.92 Å². The molecule has 24 heavy (non-hydrogen) atoms. The lowest BCUT2D eigenvalue weighted by atomic mass is 10.0. The van der Waals surface area contributed by atoms with Gasteiger partial charge in [0.1, 0.15) is 6.04 Å². The molecule has 0 aromatic carbocycles. The van der Waals surface area contributed by atoms with Crippen molar-refractivity contribution in [2.75, 3.05) is 6.54 Å². The van der Waals surface area contributed by atoms with Crippen LogP contribution in [0.4, 0.5) is 0 Å². The van der Waals surface area contributed by atoms with Gasteiger partial charge < -0.3 is 10.6 Å². The summed E-state index contributed by atoms with van der Waals surface area (Å²) in [6.07, 6.45) is 0.768. The highest BCUT2D eigenvalue weighted by Crippen LogP contribution is 2.29. The Morgan fingerprint density at radius 1 is 1.29 bits per heavy atom. The van der Waals surface area contributed by atoms with E-state index in [2.05, 4.69) is 33.1 Å². The molecule has 2 rings (SSSR count). The molecule has 2 heterocycles. The number of hydrogen-bond acceptors (Lipinski definition) is 5. The molecule has 0 aliphatic heterocycles. The predicted molar refractivity (Wildman–Crippen MR) is 99.3 cm³/mol. The molecule has 2 aromatic heterocycles. The average molecular weight is 366 g/mol. The van der Waals surface area contributed by atoms with Crippen LogP contribution in [0.2, 0.25) is 0 Å². The minimum absolute atomic E-state index is 0.0511. The van der Waals surface area contributed by atoms with E-state index in [4.69, 9.17) is 0 Å². The van der Waals surface area contributed by atoms with Gasteiger partial charge in [-0.25, -0.2) is 4.98 Å². The fourth-order valence-electron chi connectivity index (χ4n) is 2.30. The summed E-state index contributed by atoms with van der Waals surface area (Å²) in [4.78, 5) is 30.3. The molecule has 2 N–H and O–H groups in total. The predicted octanol–water partition coefficient (Wildman–Crippen LogP) is 3.00. The number of thiophene rings is 1. The van der Waals surface area contributed by atoms with Crippen LogP contribution >= 0.6 is 22.7 Å². The van der Waals surface area contributed by atoms with Crippen molar-refractivity contribution in [3.05, 3.63) is 27.4 Å². The smallest absolute Gasteiger partial charge is 0.242 e. The molecule has 0 aliphatic rings. The second kappa shape index (κ2) is 8.39. The molecule has 0 radical (unpaired) electrons. The molecular formula is C17H23N3O2S2. The number of rotatable bonds is 7. The summed E-state index contributed by atoms with van der Waals surface area (Å²) < 4.78 is 0. The Labute approximate surface area is 150 Å². The molecule has 0 spiro atoms. The second-order valence-corrected chi connectivity index (χ2v) is 8.21. The van der Waals surface area contributed by atoms with Crippen molar-refractivity contribution in [2.45, 2.75) is 40.2 Å². The van der Waals surface area contributed by atoms with E-state index in [1.165, 1.54) is 11.8 Å². The van der Waals surface area contributed by atoms with Crippen molar-refractivity contribution in [1.29, 1.82) is 0 Å².